The second kappa shape index (κ2) is 11.7. The fourth-order valence-electron chi connectivity index (χ4n) is 3.73. The highest BCUT2D eigenvalue weighted by molar-refractivity contribution is 9.11. The largest absolute Gasteiger partial charge is 0.457 e. The molecule has 0 unspecified atom stereocenters. The van der Waals surface area contributed by atoms with Crippen LogP contribution >= 0.6 is 31.9 Å². The molecule has 0 saturated carbocycles. The zero-order valence-electron chi connectivity index (χ0n) is 19.2. The van der Waals surface area contributed by atoms with Crippen LogP contribution in [0.15, 0.2) is 80.6 Å². The van der Waals surface area contributed by atoms with Crippen LogP contribution < -0.4 is 10.1 Å². The van der Waals surface area contributed by atoms with Crippen molar-refractivity contribution >= 4 is 47.9 Å². The van der Waals surface area contributed by atoms with E-state index < -0.39 is 10.0 Å². The van der Waals surface area contributed by atoms with E-state index >= 15 is 0 Å². The highest BCUT2D eigenvalue weighted by Gasteiger charge is 2.31. The third kappa shape index (κ3) is 6.64. The first-order valence-corrected chi connectivity index (χ1v) is 14.3. The first-order valence-electron chi connectivity index (χ1n) is 11.2. The highest BCUT2D eigenvalue weighted by atomic mass is 79.9. The number of amides is 2. The van der Waals surface area contributed by atoms with Gasteiger partial charge in [0.05, 0.1) is 4.90 Å². The minimum absolute atomic E-state index is 0.198. The fraction of sp³-hybridized carbons (Fsp3) is 0.240. The molecule has 2 amide bonds. The van der Waals surface area contributed by atoms with Crippen LogP contribution in [0.2, 0.25) is 0 Å². The third-order valence-electron chi connectivity index (χ3n) is 5.70. The summed E-state index contributed by atoms with van der Waals surface area (Å²) in [6.45, 7) is 1.52. The summed E-state index contributed by atoms with van der Waals surface area (Å²) in [7, 11) is -3.67. The lowest BCUT2D eigenvalue weighted by atomic mass is 10.1. The molecule has 0 aromatic heterocycles. The Morgan fingerprint density at radius 3 is 2.17 bits per heavy atom. The van der Waals surface area contributed by atoms with Crippen molar-refractivity contribution in [3.63, 3.8) is 0 Å². The molecule has 190 valence electrons. The van der Waals surface area contributed by atoms with E-state index in [-0.39, 0.29) is 29.8 Å². The van der Waals surface area contributed by atoms with Crippen LogP contribution in [0.5, 0.6) is 11.5 Å². The molecule has 0 spiro atoms. The number of hydrogen-bond donors (Lipinski definition) is 1. The van der Waals surface area contributed by atoms with Crippen molar-refractivity contribution in [3.05, 3.63) is 87.1 Å². The van der Waals surface area contributed by atoms with Gasteiger partial charge in [-0.1, -0.05) is 28.1 Å². The molecule has 0 aliphatic carbocycles. The van der Waals surface area contributed by atoms with Crippen molar-refractivity contribution in [2.75, 3.05) is 32.7 Å². The van der Waals surface area contributed by atoms with E-state index in [4.69, 9.17) is 4.74 Å². The third-order valence-corrected chi connectivity index (χ3v) is 9.09. The molecule has 1 N–H and O–H groups in total. The average Bonchev–Trinajstić information content (AvgIpc) is 2.88. The van der Waals surface area contributed by atoms with E-state index in [1.165, 1.54) is 16.4 Å². The Morgan fingerprint density at radius 1 is 0.917 bits per heavy atom. The molecular weight excluding hydrogens is 617 g/mol. The zero-order chi connectivity index (χ0) is 25.7. The number of carbonyl (C=O) groups excluding carboxylic acids is 1. The lowest BCUT2D eigenvalue weighted by molar-refractivity contribution is 0.172. The molecule has 1 aliphatic heterocycles. The topological polar surface area (TPSA) is 79.0 Å². The standard InChI is InChI=1S/C25H24Br2FN3O4S/c26-19-3-10-23(27)24(17-19)36(33,34)31-15-13-30(14-16-31)25(32)29-12-11-18-1-6-21(7-2-18)35-22-8-4-20(28)5-9-22/h1-10,17H,11-16H2,(H,29,32). The van der Waals surface area contributed by atoms with Gasteiger partial charge >= 0.3 is 6.03 Å². The lowest BCUT2D eigenvalue weighted by Crippen LogP contribution is -2.53. The van der Waals surface area contributed by atoms with Gasteiger partial charge in [-0.05, 0) is 82.5 Å². The molecule has 1 heterocycles. The Labute approximate surface area is 226 Å². The van der Waals surface area contributed by atoms with E-state index in [1.54, 1.807) is 35.2 Å². The van der Waals surface area contributed by atoms with Gasteiger partial charge in [-0.2, -0.15) is 4.31 Å². The summed E-state index contributed by atoms with van der Waals surface area (Å²) in [6.07, 6.45) is 0.633. The number of urea groups is 1. The van der Waals surface area contributed by atoms with Crippen molar-refractivity contribution in [2.24, 2.45) is 0 Å². The van der Waals surface area contributed by atoms with E-state index in [0.717, 1.165) is 5.56 Å². The first kappa shape index (κ1) is 26.6. The maximum Gasteiger partial charge on any atom is 0.317 e. The van der Waals surface area contributed by atoms with Crippen molar-refractivity contribution in [1.29, 1.82) is 0 Å². The molecule has 4 rings (SSSR count). The molecule has 3 aromatic carbocycles. The van der Waals surface area contributed by atoms with Crippen LogP contribution in [-0.2, 0) is 16.4 Å². The Bertz CT molecular complexity index is 1310. The summed E-state index contributed by atoms with van der Waals surface area (Å²) in [6, 6.07) is 18.1. The maximum atomic E-state index is 13.0. The van der Waals surface area contributed by atoms with Crippen LogP contribution in [0.3, 0.4) is 0 Å². The quantitative estimate of drug-likeness (QED) is 0.375. The summed E-state index contributed by atoms with van der Waals surface area (Å²) in [5.74, 6) is 0.867. The van der Waals surface area contributed by atoms with Gasteiger partial charge in [0.1, 0.15) is 17.3 Å². The molecule has 3 aromatic rings. The summed E-state index contributed by atoms with van der Waals surface area (Å²) in [4.78, 5) is 14.4. The van der Waals surface area contributed by atoms with E-state index in [1.807, 2.05) is 24.3 Å². The smallest absolute Gasteiger partial charge is 0.317 e. The Kier molecular flexibility index (Phi) is 8.66. The zero-order valence-corrected chi connectivity index (χ0v) is 23.2. The molecule has 7 nitrogen and oxygen atoms in total. The molecule has 11 heteroatoms. The van der Waals surface area contributed by atoms with Crippen LogP contribution in [-0.4, -0.2) is 56.4 Å². The molecule has 0 bridgehead atoms. The maximum absolute atomic E-state index is 13.0. The molecule has 0 atom stereocenters. The molecule has 1 fully saturated rings. The minimum Gasteiger partial charge on any atom is -0.457 e. The Balaban J connectivity index is 1.23. The fourth-order valence-corrected chi connectivity index (χ4v) is 6.62. The van der Waals surface area contributed by atoms with Crippen LogP contribution in [0.25, 0.3) is 0 Å². The predicted molar refractivity (Wildman–Crippen MR) is 142 cm³/mol. The number of nitrogens with zero attached hydrogens (tertiary/aromatic N) is 2. The Morgan fingerprint density at radius 2 is 1.53 bits per heavy atom. The van der Waals surface area contributed by atoms with Gasteiger partial charge in [0, 0.05) is 41.7 Å². The summed E-state index contributed by atoms with van der Waals surface area (Å²) >= 11 is 6.63. The van der Waals surface area contributed by atoms with Gasteiger partial charge in [-0.15, -0.1) is 0 Å². The molecule has 1 saturated heterocycles. The number of halogens is 3. The predicted octanol–water partition coefficient (Wildman–Crippen LogP) is 5.40. The second-order valence-electron chi connectivity index (χ2n) is 8.15. The monoisotopic (exact) mass is 639 g/mol. The number of sulfonamides is 1. The van der Waals surface area contributed by atoms with Crippen molar-refractivity contribution in [3.8, 4) is 11.5 Å². The SMILES string of the molecule is O=C(NCCc1ccc(Oc2ccc(F)cc2)cc1)N1CCN(S(=O)(=O)c2cc(Br)ccc2Br)CC1. The molecule has 36 heavy (non-hydrogen) atoms. The minimum atomic E-state index is -3.67. The van der Waals surface area contributed by atoms with Gasteiger partial charge in [0.2, 0.25) is 10.0 Å². The second-order valence-corrected chi connectivity index (χ2v) is 11.8. The normalized spacial score (nSPS) is 14.5. The van der Waals surface area contributed by atoms with Gasteiger partial charge in [-0.25, -0.2) is 17.6 Å². The van der Waals surface area contributed by atoms with Crippen molar-refractivity contribution in [1.82, 2.24) is 14.5 Å². The lowest BCUT2D eigenvalue weighted by Gasteiger charge is -2.34. The van der Waals surface area contributed by atoms with Crippen LogP contribution in [0, 0.1) is 5.82 Å². The first-order chi connectivity index (χ1) is 17.2. The average molecular weight is 641 g/mol. The number of carbonyl (C=O) groups is 1. The Hall–Kier alpha value is -2.47. The highest BCUT2D eigenvalue weighted by Crippen LogP contribution is 2.29. The van der Waals surface area contributed by atoms with E-state index in [0.29, 0.717) is 46.5 Å². The van der Waals surface area contributed by atoms with Crippen LogP contribution in [0.4, 0.5) is 9.18 Å². The number of ether oxygens (including phenoxy) is 1. The number of rotatable bonds is 7. The van der Waals surface area contributed by atoms with E-state index in [2.05, 4.69) is 37.2 Å². The molecule has 0 radical (unpaired) electrons. The van der Waals surface area contributed by atoms with E-state index in [9.17, 15) is 17.6 Å². The number of piperazine rings is 1. The van der Waals surface area contributed by atoms with Gasteiger partial charge < -0.3 is 15.0 Å². The van der Waals surface area contributed by atoms with Gasteiger partial charge in [-0.3, -0.25) is 0 Å². The number of benzene rings is 3. The van der Waals surface area contributed by atoms with Crippen molar-refractivity contribution in [2.45, 2.75) is 11.3 Å². The van der Waals surface area contributed by atoms with Crippen molar-refractivity contribution < 1.29 is 22.3 Å². The summed E-state index contributed by atoms with van der Waals surface area (Å²) < 4.78 is 47.4. The summed E-state index contributed by atoms with van der Waals surface area (Å²) in [5, 5.41) is 2.90. The number of hydrogen-bond acceptors (Lipinski definition) is 4. The van der Waals surface area contributed by atoms with Gasteiger partial charge in [0.25, 0.3) is 0 Å². The van der Waals surface area contributed by atoms with Gasteiger partial charge in [0.15, 0.2) is 0 Å². The summed E-state index contributed by atoms with van der Waals surface area (Å²) in [5.41, 5.74) is 1.03. The molecule has 1 aliphatic rings. The molecular formula is C25H24Br2FN3O4S. The van der Waals surface area contributed by atoms with Crippen LogP contribution in [0.1, 0.15) is 5.56 Å². The number of nitrogens with one attached hydrogen (secondary N) is 1.